The number of nitrogens with one attached hydrogen (secondary N) is 2. The highest BCUT2D eigenvalue weighted by Gasteiger charge is 2.38. The van der Waals surface area contributed by atoms with Gasteiger partial charge in [0.2, 0.25) is 5.91 Å². The van der Waals surface area contributed by atoms with Crippen LogP contribution in [0.15, 0.2) is 18.2 Å². The summed E-state index contributed by atoms with van der Waals surface area (Å²) in [7, 11) is 0. The maximum Gasteiger partial charge on any atom is 0.237 e. The number of carbonyl (C=O) groups excluding carboxylic acids is 1. The van der Waals surface area contributed by atoms with Crippen molar-refractivity contribution in [1.82, 2.24) is 10.6 Å². The van der Waals surface area contributed by atoms with Crippen LogP contribution in [0.5, 0.6) is 0 Å². The standard InChI is InChI=1S/C21H30ClN3O/c1-14-6-7-17(22)11-20(14)25-9-8-15(13-25)12-23-21(26)19-10-16-4-2-3-5-18(16)24-19/h6-7,11,15-16,18-19,24H,2-5,8-10,12-13H2,1H3,(H,23,26). The van der Waals surface area contributed by atoms with E-state index in [2.05, 4.69) is 34.6 Å². The summed E-state index contributed by atoms with van der Waals surface area (Å²) < 4.78 is 0. The van der Waals surface area contributed by atoms with Crippen molar-refractivity contribution in [3.05, 3.63) is 28.8 Å². The molecular weight excluding hydrogens is 346 g/mol. The Labute approximate surface area is 161 Å². The Kier molecular flexibility index (Phi) is 5.42. The second-order valence-electron chi connectivity index (χ2n) is 8.38. The van der Waals surface area contributed by atoms with Gasteiger partial charge in [0.15, 0.2) is 0 Å². The predicted octanol–water partition coefficient (Wildman–Crippen LogP) is 3.51. The first-order valence-electron chi connectivity index (χ1n) is 10.1. The molecule has 1 aliphatic carbocycles. The minimum absolute atomic E-state index is 0.0239. The zero-order valence-electron chi connectivity index (χ0n) is 15.6. The Bertz CT molecular complexity index is 651. The molecule has 1 amide bonds. The van der Waals surface area contributed by atoms with Crippen LogP contribution in [0.2, 0.25) is 5.02 Å². The second-order valence-corrected chi connectivity index (χ2v) is 8.82. The fourth-order valence-electron chi connectivity index (χ4n) is 5.03. The third-order valence-corrected chi connectivity index (χ3v) is 6.78. The number of carbonyl (C=O) groups is 1. The number of amides is 1. The minimum atomic E-state index is 0.0239. The van der Waals surface area contributed by atoms with Gasteiger partial charge in [-0.25, -0.2) is 0 Å². The fourth-order valence-corrected chi connectivity index (χ4v) is 5.20. The Balaban J connectivity index is 1.27. The van der Waals surface area contributed by atoms with Crippen molar-refractivity contribution in [3.63, 3.8) is 0 Å². The van der Waals surface area contributed by atoms with E-state index in [-0.39, 0.29) is 11.9 Å². The average Bonchev–Trinajstić information content (AvgIpc) is 3.28. The number of benzene rings is 1. The number of hydrogen-bond donors (Lipinski definition) is 2. The topological polar surface area (TPSA) is 44.4 Å². The lowest BCUT2D eigenvalue weighted by molar-refractivity contribution is -0.123. The quantitative estimate of drug-likeness (QED) is 0.846. The molecule has 0 spiro atoms. The van der Waals surface area contributed by atoms with Gasteiger partial charge in [0.1, 0.15) is 0 Å². The van der Waals surface area contributed by atoms with Gasteiger partial charge in [-0.05, 0) is 62.1 Å². The number of halogens is 1. The summed E-state index contributed by atoms with van der Waals surface area (Å²) in [4.78, 5) is 15.0. The molecule has 4 unspecified atom stereocenters. The highest BCUT2D eigenvalue weighted by Crippen LogP contribution is 2.33. The second kappa shape index (κ2) is 7.77. The molecule has 2 aliphatic heterocycles. The average molecular weight is 376 g/mol. The predicted molar refractivity (Wildman–Crippen MR) is 107 cm³/mol. The molecular formula is C21H30ClN3O. The molecule has 2 heterocycles. The molecule has 1 saturated carbocycles. The van der Waals surface area contributed by atoms with Crippen molar-refractivity contribution < 1.29 is 4.79 Å². The van der Waals surface area contributed by atoms with Crippen LogP contribution in [0.25, 0.3) is 0 Å². The van der Waals surface area contributed by atoms with E-state index in [1.165, 1.54) is 36.9 Å². The first-order chi connectivity index (χ1) is 12.6. The van der Waals surface area contributed by atoms with Crippen LogP contribution in [0.3, 0.4) is 0 Å². The Hall–Kier alpha value is -1.26. The molecule has 5 heteroatoms. The van der Waals surface area contributed by atoms with Crippen LogP contribution in [0, 0.1) is 18.8 Å². The third-order valence-electron chi connectivity index (χ3n) is 6.54. The molecule has 0 bridgehead atoms. The van der Waals surface area contributed by atoms with Gasteiger partial charge in [0.05, 0.1) is 6.04 Å². The summed E-state index contributed by atoms with van der Waals surface area (Å²) in [6.07, 6.45) is 7.31. The van der Waals surface area contributed by atoms with Crippen LogP contribution < -0.4 is 15.5 Å². The van der Waals surface area contributed by atoms with Gasteiger partial charge < -0.3 is 15.5 Å². The van der Waals surface area contributed by atoms with E-state index in [0.29, 0.717) is 17.9 Å². The van der Waals surface area contributed by atoms with E-state index < -0.39 is 0 Å². The summed E-state index contributed by atoms with van der Waals surface area (Å²) in [6, 6.07) is 6.68. The zero-order chi connectivity index (χ0) is 18.1. The van der Waals surface area contributed by atoms with E-state index in [0.717, 1.165) is 37.5 Å². The third kappa shape index (κ3) is 3.86. The van der Waals surface area contributed by atoms with Crippen LogP contribution in [-0.2, 0) is 4.79 Å². The number of nitrogens with zero attached hydrogens (tertiary/aromatic N) is 1. The van der Waals surface area contributed by atoms with Gasteiger partial charge in [0.25, 0.3) is 0 Å². The number of hydrogen-bond acceptors (Lipinski definition) is 3. The normalized spacial score (nSPS) is 31.1. The Morgan fingerprint density at radius 3 is 3.00 bits per heavy atom. The lowest BCUT2D eigenvalue weighted by Crippen LogP contribution is -2.44. The smallest absolute Gasteiger partial charge is 0.237 e. The van der Waals surface area contributed by atoms with Gasteiger partial charge in [-0.1, -0.05) is 30.5 Å². The molecule has 2 saturated heterocycles. The number of anilines is 1. The largest absolute Gasteiger partial charge is 0.371 e. The SMILES string of the molecule is Cc1ccc(Cl)cc1N1CCC(CNC(=O)C2CC3CCCCC3N2)C1. The summed E-state index contributed by atoms with van der Waals surface area (Å²) in [6.45, 7) is 4.94. The summed E-state index contributed by atoms with van der Waals surface area (Å²) in [5.41, 5.74) is 2.49. The Morgan fingerprint density at radius 1 is 1.31 bits per heavy atom. The van der Waals surface area contributed by atoms with Crippen LogP contribution in [0.4, 0.5) is 5.69 Å². The molecule has 4 nitrogen and oxygen atoms in total. The van der Waals surface area contributed by atoms with Crippen molar-refractivity contribution in [2.75, 3.05) is 24.5 Å². The van der Waals surface area contributed by atoms with Gasteiger partial charge in [0, 0.05) is 36.4 Å². The van der Waals surface area contributed by atoms with E-state index >= 15 is 0 Å². The molecule has 2 N–H and O–H groups in total. The number of aryl methyl sites for hydroxylation is 1. The molecule has 3 fully saturated rings. The van der Waals surface area contributed by atoms with E-state index in [4.69, 9.17) is 11.6 Å². The lowest BCUT2D eigenvalue weighted by atomic mass is 9.85. The van der Waals surface area contributed by atoms with Crippen LogP contribution >= 0.6 is 11.6 Å². The first kappa shape index (κ1) is 18.1. The van der Waals surface area contributed by atoms with Crippen molar-refractivity contribution in [3.8, 4) is 0 Å². The number of rotatable bonds is 4. The molecule has 4 atom stereocenters. The van der Waals surface area contributed by atoms with Crippen LogP contribution in [0.1, 0.15) is 44.1 Å². The van der Waals surface area contributed by atoms with E-state index in [1.807, 2.05) is 6.07 Å². The van der Waals surface area contributed by atoms with Gasteiger partial charge in [-0.15, -0.1) is 0 Å². The minimum Gasteiger partial charge on any atom is -0.371 e. The van der Waals surface area contributed by atoms with Crippen LogP contribution in [-0.4, -0.2) is 37.6 Å². The maximum absolute atomic E-state index is 12.6. The lowest BCUT2D eigenvalue weighted by Gasteiger charge is -2.24. The molecule has 0 aromatic heterocycles. The van der Waals surface area contributed by atoms with Gasteiger partial charge in [-0.2, -0.15) is 0 Å². The van der Waals surface area contributed by atoms with Gasteiger partial charge in [-0.3, -0.25) is 4.79 Å². The van der Waals surface area contributed by atoms with Crippen molar-refractivity contribution in [1.29, 1.82) is 0 Å². The fraction of sp³-hybridized carbons (Fsp3) is 0.667. The summed E-state index contributed by atoms with van der Waals surface area (Å²) in [5, 5.41) is 7.59. The molecule has 0 radical (unpaired) electrons. The van der Waals surface area contributed by atoms with Crippen molar-refractivity contribution >= 4 is 23.2 Å². The molecule has 26 heavy (non-hydrogen) atoms. The molecule has 1 aromatic carbocycles. The van der Waals surface area contributed by atoms with Crippen molar-refractivity contribution in [2.24, 2.45) is 11.8 Å². The van der Waals surface area contributed by atoms with E-state index in [9.17, 15) is 4.79 Å². The van der Waals surface area contributed by atoms with E-state index in [1.54, 1.807) is 0 Å². The monoisotopic (exact) mass is 375 g/mol. The molecule has 4 rings (SSSR count). The number of fused-ring (bicyclic) bond motifs is 1. The summed E-state index contributed by atoms with van der Waals surface area (Å²) >= 11 is 6.17. The zero-order valence-corrected chi connectivity index (χ0v) is 16.4. The molecule has 142 valence electrons. The molecule has 1 aromatic rings. The molecule has 3 aliphatic rings. The highest BCUT2D eigenvalue weighted by molar-refractivity contribution is 6.30. The highest BCUT2D eigenvalue weighted by atomic mass is 35.5. The Morgan fingerprint density at radius 2 is 2.15 bits per heavy atom. The van der Waals surface area contributed by atoms with Crippen molar-refractivity contribution in [2.45, 2.75) is 57.5 Å². The first-order valence-corrected chi connectivity index (χ1v) is 10.5. The summed E-state index contributed by atoms with van der Waals surface area (Å²) in [5.74, 6) is 1.44. The maximum atomic E-state index is 12.6. The van der Waals surface area contributed by atoms with Gasteiger partial charge >= 0.3 is 0 Å².